The summed E-state index contributed by atoms with van der Waals surface area (Å²) in [4.78, 5) is 6.54. The molecule has 0 saturated carbocycles. The second-order valence-corrected chi connectivity index (χ2v) is 5.85. The van der Waals surface area contributed by atoms with Gasteiger partial charge in [0.15, 0.2) is 5.82 Å². The van der Waals surface area contributed by atoms with E-state index >= 15 is 0 Å². The lowest BCUT2D eigenvalue weighted by atomic mass is 10.2. The molecule has 7 heteroatoms. The van der Waals surface area contributed by atoms with Gasteiger partial charge in [-0.2, -0.15) is 4.98 Å². The highest BCUT2D eigenvalue weighted by molar-refractivity contribution is 9.10. The van der Waals surface area contributed by atoms with Crippen LogP contribution in [0, 0.1) is 0 Å². The second kappa shape index (κ2) is 8.48. The first-order valence-electron chi connectivity index (χ1n) is 6.58. The van der Waals surface area contributed by atoms with Gasteiger partial charge in [-0.25, -0.2) is 0 Å². The zero-order valence-electron chi connectivity index (χ0n) is 12.1. The summed E-state index contributed by atoms with van der Waals surface area (Å²) >= 11 is 3.45. The van der Waals surface area contributed by atoms with E-state index in [1.54, 1.807) is 0 Å². The van der Waals surface area contributed by atoms with Crippen LogP contribution in [0.1, 0.15) is 31.1 Å². The molecule has 1 aromatic carbocycles. The van der Waals surface area contributed by atoms with Crippen LogP contribution in [0.3, 0.4) is 0 Å². The minimum Gasteiger partial charge on any atom is -0.338 e. The summed E-state index contributed by atoms with van der Waals surface area (Å²) < 4.78 is 6.13. The monoisotopic (exact) mass is 374 g/mol. The van der Waals surface area contributed by atoms with Gasteiger partial charge < -0.3 is 10.3 Å². The molecule has 0 saturated heterocycles. The number of rotatable bonds is 6. The summed E-state index contributed by atoms with van der Waals surface area (Å²) in [5.41, 5.74) is 6.73. The Morgan fingerprint density at radius 3 is 2.43 bits per heavy atom. The molecule has 21 heavy (non-hydrogen) atoms. The van der Waals surface area contributed by atoms with Gasteiger partial charge in [0, 0.05) is 17.1 Å². The molecule has 0 spiro atoms. The van der Waals surface area contributed by atoms with E-state index in [2.05, 4.69) is 69.1 Å². The first-order valence-corrected chi connectivity index (χ1v) is 7.38. The van der Waals surface area contributed by atoms with E-state index in [9.17, 15) is 0 Å². The van der Waals surface area contributed by atoms with E-state index in [0.29, 0.717) is 24.3 Å². The van der Waals surface area contributed by atoms with Crippen LogP contribution in [0.4, 0.5) is 0 Å². The molecule has 0 bridgehead atoms. The molecule has 2 N–H and O–H groups in total. The first-order chi connectivity index (χ1) is 9.58. The maximum atomic E-state index is 5.48. The Labute approximate surface area is 139 Å². The lowest BCUT2D eigenvalue weighted by molar-refractivity contribution is 0.196. The van der Waals surface area contributed by atoms with E-state index in [0.717, 1.165) is 11.0 Å². The van der Waals surface area contributed by atoms with E-state index in [1.165, 1.54) is 5.56 Å². The summed E-state index contributed by atoms with van der Waals surface area (Å²) in [6, 6.07) is 8.71. The number of nitrogens with zero attached hydrogens (tertiary/aromatic N) is 3. The molecule has 0 unspecified atom stereocenters. The minimum absolute atomic E-state index is 0. The van der Waals surface area contributed by atoms with Gasteiger partial charge >= 0.3 is 0 Å². The van der Waals surface area contributed by atoms with Gasteiger partial charge in [-0.1, -0.05) is 33.2 Å². The molecule has 0 aliphatic heterocycles. The quantitative estimate of drug-likeness (QED) is 0.840. The van der Waals surface area contributed by atoms with Crippen LogP contribution in [0.15, 0.2) is 33.3 Å². The largest absolute Gasteiger partial charge is 0.338 e. The van der Waals surface area contributed by atoms with Gasteiger partial charge in [0.2, 0.25) is 5.89 Å². The van der Waals surface area contributed by atoms with E-state index in [-0.39, 0.29) is 19.0 Å². The number of hydrogen-bond acceptors (Lipinski definition) is 5. The number of nitrogens with two attached hydrogens (primary N) is 1. The molecule has 0 radical (unpaired) electrons. The third kappa shape index (κ3) is 5.39. The van der Waals surface area contributed by atoms with Crippen LogP contribution in [-0.4, -0.2) is 21.1 Å². The van der Waals surface area contributed by atoms with Crippen molar-refractivity contribution in [1.29, 1.82) is 0 Å². The highest BCUT2D eigenvalue weighted by Gasteiger charge is 2.14. The molecule has 5 nitrogen and oxygen atoms in total. The molecular formula is C14H20BrClN4O. The molecule has 0 aliphatic rings. The fourth-order valence-electron chi connectivity index (χ4n) is 1.86. The van der Waals surface area contributed by atoms with Gasteiger partial charge in [-0.15, -0.1) is 12.4 Å². The standard InChI is InChI=1S/C14H19BrN4O.ClH/c1-10(2)19(8-11-3-5-12(15)6-4-11)9-13-17-14(7-16)20-18-13;/h3-6,10H,7-9,16H2,1-2H3;1H. The zero-order chi connectivity index (χ0) is 14.5. The zero-order valence-corrected chi connectivity index (χ0v) is 14.5. The Bertz CT molecular complexity index is 544. The summed E-state index contributed by atoms with van der Waals surface area (Å²) in [6.07, 6.45) is 0. The average molecular weight is 376 g/mol. The molecule has 0 fully saturated rings. The highest BCUT2D eigenvalue weighted by atomic mass is 79.9. The van der Waals surface area contributed by atoms with Crippen molar-refractivity contribution in [3.8, 4) is 0 Å². The van der Waals surface area contributed by atoms with Gasteiger partial charge in [-0.3, -0.25) is 4.90 Å². The van der Waals surface area contributed by atoms with Crippen molar-refractivity contribution in [2.24, 2.45) is 5.73 Å². The van der Waals surface area contributed by atoms with E-state index in [4.69, 9.17) is 10.3 Å². The third-order valence-electron chi connectivity index (χ3n) is 3.06. The Balaban J connectivity index is 0.00000220. The Hall–Kier alpha value is -0.950. The second-order valence-electron chi connectivity index (χ2n) is 4.93. The molecule has 1 aromatic heterocycles. The van der Waals surface area contributed by atoms with Crippen molar-refractivity contribution in [2.75, 3.05) is 0 Å². The lowest BCUT2D eigenvalue weighted by Crippen LogP contribution is -2.30. The highest BCUT2D eigenvalue weighted by Crippen LogP contribution is 2.15. The van der Waals surface area contributed by atoms with Crippen molar-refractivity contribution in [2.45, 2.75) is 39.5 Å². The molecule has 0 atom stereocenters. The first kappa shape index (κ1) is 18.1. The fourth-order valence-corrected chi connectivity index (χ4v) is 2.13. The maximum Gasteiger partial charge on any atom is 0.240 e. The lowest BCUT2D eigenvalue weighted by Gasteiger charge is -2.25. The van der Waals surface area contributed by atoms with E-state index in [1.807, 2.05) is 0 Å². The molecule has 2 rings (SSSR count). The van der Waals surface area contributed by atoms with Crippen LogP contribution in [-0.2, 0) is 19.6 Å². The molecule has 1 heterocycles. The predicted octanol–water partition coefficient (Wildman–Crippen LogP) is 3.12. The smallest absolute Gasteiger partial charge is 0.240 e. The number of hydrogen-bond donors (Lipinski definition) is 1. The number of halogens is 2. The van der Waals surface area contributed by atoms with Crippen molar-refractivity contribution in [1.82, 2.24) is 15.0 Å². The molecule has 2 aromatic rings. The fraction of sp³-hybridized carbons (Fsp3) is 0.429. The topological polar surface area (TPSA) is 68.2 Å². The number of aromatic nitrogens is 2. The molecule has 0 aliphatic carbocycles. The summed E-state index contributed by atoms with van der Waals surface area (Å²) in [7, 11) is 0. The minimum atomic E-state index is 0. The Morgan fingerprint density at radius 1 is 1.24 bits per heavy atom. The van der Waals surface area contributed by atoms with Gasteiger partial charge in [0.1, 0.15) is 0 Å². The van der Waals surface area contributed by atoms with Crippen LogP contribution in [0.2, 0.25) is 0 Å². The maximum absolute atomic E-state index is 5.48. The van der Waals surface area contributed by atoms with Crippen molar-refractivity contribution in [3.05, 3.63) is 46.0 Å². The van der Waals surface area contributed by atoms with Gasteiger partial charge in [0.25, 0.3) is 0 Å². The van der Waals surface area contributed by atoms with Crippen LogP contribution >= 0.6 is 28.3 Å². The normalized spacial score (nSPS) is 11.0. The van der Waals surface area contributed by atoms with Crippen LogP contribution in [0.5, 0.6) is 0 Å². The van der Waals surface area contributed by atoms with E-state index < -0.39 is 0 Å². The summed E-state index contributed by atoms with van der Waals surface area (Å²) in [5, 5.41) is 3.95. The summed E-state index contributed by atoms with van der Waals surface area (Å²) in [6.45, 7) is 6.08. The molecular weight excluding hydrogens is 356 g/mol. The Morgan fingerprint density at radius 2 is 1.90 bits per heavy atom. The number of benzene rings is 1. The van der Waals surface area contributed by atoms with Gasteiger partial charge in [-0.05, 0) is 31.5 Å². The van der Waals surface area contributed by atoms with Crippen LogP contribution in [0.25, 0.3) is 0 Å². The van der Waals surface area contributed by atoms with Crippen molar-refractivity contribution < 1.29 is 4.52 Å². The predicted molar refractivity (Wildman–Crippen MR) is 88.0 cm³/mol. The van der Waals surface area contributed by atoms with Crippen LogP contribution < -0.4 is 5.73 Å². The average Bonchev–Trinajstić information content (AvgIpc) is 2.88. The Kier molecular flexibility index (Phi) is 7.31. The molecule has 0 amide bonds. The van der Waals surface area contributed by atoms with Crippen molar-refractivity contribution >= 4 is 28.3 Å². The SMILES string of the molecule is CC(C)N(Cc1ccc(Br)cc1)Cc1noc(CN)n1.Cl. The van der Waals surface area contributed by atoms with Crippen molar-refractivity contribution in [3.63, 3.8) is 0 Å². The van der Waals surface area contributed by atoms with Gasteiger partial charge in [0.05, 0.1) is 13.1 Å². The molecule has 116 valence electrons. The summed E-state index contributed by atoms with van der Waals surface area (Å²) in [5.74, 6) is 1.16. The third-order valence-corrected chi connectivity index (χ3v) is 3.59.